The molecule has 0 atom stereocenters. The molecule has 0 aromatic heterocycles. The third kappa shape index (κ3) is 4.51. The molecule has 0 unspecified atom stereocenters. The highest BCUT2D eigenvalue weighted by Gasteiger charge is 1.85. The van der Waals surface area contributed by atoms with E-state index < -0.39 is 0 Å². The lowest BCUT2D eigenvalue weighted by molar-refractivity contribution is 0.478. The quantitative estimate of drug-likeness (QED) is 0.373. The fourth-order valence-corrected chi connectivity index (χ4v) is 1.07. The Bertz CT molecular complexity index is 275. The number of hydrogen-bond donors (Lipinski definition) is 0. The second kappa shape index (κ2) is 6.96. The molecule has 74 valence electrons. The standard InChI is InChI=1S/C13H16O/c1-2-3-4-5-9-12-14-13-10-7-6-8-11-13/h2,6-12H,1,3-5H2. The number of unbranched alkanes of at least 4 members (excludes halogenated alkanes) is 2. The van der Waals surface area contributed by atoms with Crippen LogP contribution in [0.15, 0.2) is 55.3 Å². The van der Waals surface area contributed by atoms with Crippen molar-refractivity contribution in [3.05, 3.63) is 55.3 Å². The van der Waals surface area contributed by atoms with Crippen LogP contribution < -0.4 is 4.74 Å². The number of ether oxygens (including phenoxy) is 1. The maximum atomic E-state index is 5.38. The number of benzene rings is 1. The molecule has 1 aromatic carbocycles. The molecule has 0 aliphatic carbocycles. The van der Waals surface area contributed by atoms with E-state index in [1.54, 1.807) is 6.26 Å². The van der Waals surface area contributed by atoms with Gasteiger partial charge in [0.15, 0.2) is 0 Å². The van der Waals surface area contributed by atoms with Gasteiger partial charge in [0.2, 0.25) is 0 Å². The van der Waals surface area contributed by atoms with Gasteiger partial charge in [-0.3, -0.25) is 0 Å². The molecule has 0 radical (unpaired) electrons. The first kappa shape index (κ1) is 10.6. The first-order valence-electron chi connectivity index (χ1n) is 4.91. The van der Waals surface area contributed by atoms with Gasteiger partial charge in [0.1, 0.15) is 5.75 Å². The molecule has 0 saturated carbocycles. The zero-order valence-corrected chi connectivity index (χ0v) is 8.36. The molecule has 1 aromatic rings. The van der Waals surface area contributed by atoms with Gasteiger partial charge in [0, 0.05) is 0 Å². The molecule has 0 heterocycles. The summed E-state index contributed by atoms with van der Waals surface area (Å²) in [6, 6.07) is 9.77. The van der Waals surface area contributed by atoms with Gasteiger partial charge in [-0.05, 0) is 37.5 Å². The van der Waals surface area contributed by atoms with Crippen molar-refractivity contribution in [2.24, 2.45) is 0 Å². The highest BCUT2D eigenvalue weighted by Crippen LogP contribution is 2.08. The minimum Gasteiger partial charge on any atom is -0.465 e. The summed E-state index contributed by atoms with van der Waals surface area (Å²) in [5.74, 6) is 0.882. The highest BCUT2D eigenvalue weighted by molar-refractivity contribution is 5.21. The summed E-state index contributed by atoms with van der Waals surface area (Å²) in [4.78, 5) is 0. The number of allylic oxidation sites excluding steroid dienone is 2. The normalized spacial score (nSPS) is 10.3. The number of rotatable bonds is 6. The lowest BCUT2D eigenvalue weighted by Gasteiger charge is -1.97. The van der Waals surface area contributed by atoms with Crippen molar-refractivity contribution in [2.45, 2.75) is 19.3 Å². The van der Waals surface area contributed by atoms with Gasteiger partial charge in [-0.1, -0.05) is 24.3 Å². The molecule has 0 N–H and O–H groups in total. The van der Waals surface area contributed by atoms with E-state index in [9.17, 15) is 0 Å². The average molecular weight is 188 g/mol. The van der Waals surface area contributed by atoms with E-state index in [4.69, 9.17) is 4.74 Å². The first-order valence-corrected chi connectivity index (χ1v) is 4.91. The maximum absolute atomic E-state index is 5.38. The van der Waals surface area contributed by atoms with Crippen molar-refractivity contribution in [3.8, 4) is 5.75 Å². The fraction of sp³-hybridized carbons (Fsp3) is 0.231. The molecule has 0 amide bonds. The average Bonchev–Trinajstić information content (AvgIpc) is 2.25. The maximum Gasteiger partial charge on any atom is 0.126 e. The third-order valence-corrected chi connectivity index (χ3v) is 1.82. The Kier molecular flexibility index (Phi) is 5.26. The van der Waals surface area contributed by atoms with E-state index in [1.807, 2.05) is 42.5 Å². The fourth-order valence-electron chi connectivity index (χ4n) is 1.07. The van der Waals surface area contributed by atoms with Gasteiger partial charge < -0.3 is 4.74 Å². The summed E-state index contributed by atoms with van der Waals surface area (Å²) in [5, 5.41) is 0. The Morgan fingerprint density at radius 3 is 2.64 bits per heavy atom. The van der Waals surface area contributed by atoms with E-state index in [0.717, 1.165) is 25.0 Å². The summed E-state index contributed by atoms with van der Waals surface area (Å²) in [6.45, 7) is 3.67. The van der Waals surface area contributed by atoms with Crippen LogP contribution in [0.3, 0.4) is 0 Å². The predicted octanol–water partition coefficient (Wildman–Crippen LogP) is 3.94. The molecule has 1 heteroatoms. The highest BCUT2D eigenvalue weighted by atomic mass is 16.5. The van der Waals surface area contributed by atoms with Gasteiger partial charge in [-0.15, -0.1) is 6.58 Å². The zero-order chi connectivity index (χ0) is 10.1. The largest absolute Gasteiger partial charge is 0.465 e. The van der Waals surface area contributed by atoms with Crippen molar-refractivity contribution in [3.63, 3.8) is 0 Å². The summed E-state index contributed by atoms with van der Waals surface area (Å²) >= 11 is 0. The van der Waals surface area contributed by atoms with E-state index in [-0.39, 0.29) is 0 Å². The van der Waals surface area contributed by atoms with Gasteiger partial charge >= 0.3 is 0 Å². The van der Waals surface area contributed by atoms with E-state index in [1.165, 1.54) is 0 Å². The van der Waals surface area contributed by atoms with Gasteiger partial charge in [0.25, 0.3) is 0 Å². The summed E-state index contributed by atoms with van der Waals surface area (Å²) < 4.78 is 5.38. The lowest BCUT2D eigenvalue weighted by Crippen LogP contribution is -1.80. The topological polar surface area (TPSA) is 9.23 Å². The first-order chi connectivity index (χ1) is 6.93. The second-order valence-corrected chi connectivity index (χ2v) is 3.02. The molecular formula is C13H16O. The molecular weight excluding hydrogens is 172 g/mol. The van der Waals surface area contributed by atoms with Gasteiger partial charge in [0.05, 0.1) is 6.26 Å². The van der Waals surface area contributed by atoms with Crippen LogP contribution in [0.1, 0.15) is 19.3 Å². The third-order valence-electron chi connectivity index (χ3n) is 1.82. The summed E-state index contributed by atoms with van der Waals surface area (Å²) in [6.07, 6.45) is 8.97. The van der Waals surface area contributed by atoms with Crippen molar-refractivity contribution >= 4 is 0 Å². The van der Waals surface area contributed by atoms with Crippen LogP contribution >= 0.6 is 0 Å². The molecule has 0 bridgehead atoms. The molecule has 0 aliphatic rings. The van der Waals surface area contributed by atoms with Crippen molar-refractivity contribution < 1.29 is 4.74 Å². The lowest BCUT2D eigenvalue weighted by atomic mass is 10.2. The molecule has 1 rings (SSSR count). The van der Waals surface area contributed by atoms with Crippen molar-refractivity contribution in [1.29, 1.82) is 0 Å². The van der Waals surface area contributed by atoms with Crippen LogP contribution in [0.25, 0.3) is 0 Å². The van der Waals surface area contributed by atoms with E-state index in [2.05, 4.69) is 6.58 Å². The van der Waals surface area contributed by atoms with Gasteiger partial charge in [-0.2, -0.15) is 0 Å². The van der Waals surface area contributed by atoms with E-state index >= 15 is 0 Å². The Hall–Kier alpha value is -1.50. The van der Waals surface area contributed by atoms with Crippen LogP contribution in [-0.4, -0.2) is 0 Å². The Morgan fingerprint density at radius 1 is 1.14 bits per heavy atom. The summed E-state index contributed by atoms with van der Waals surface area (Å²) in [7, 11) is 0. The molecule has 0 aliphatic heterocycles. The van der Waals surface area contributed by atoms with Gasteiger partial charge in [-0.25, -0.2) is 0 Å². The SMILES string of the molecule is C=CCCCC=COc1ccccc1. The molecule has 0 spiro atoms. The smallest absolute Gasteiger partial charge is 0.126 e. The number of para-hydroxylation sites is 1. The van der Waals surface area contributed by atoms with Crippen LogP contribution in [0, 0.1) is 0 Å². The Balaban J connectivity index is 2.17. The molecule has 0 fully saturated rings. The summed E-state index contributed by atoms with van der Waals surface area (Å²) in [5.41, 5.74) is 0. The minimum absolute atomic E-state index is 0.882. The zero-order valence-electron chi connectivity index (χ0n) is 8.36. The van der Waals surface area contributed by atoms with E-state index in [0.29, 0.717) is 0 Å². The number of hydrogen-bond acceptors (Lipinski definition) is 1. The van der Waals surface area contributed by atoms with Crippen LogP contribution in [0.4, 0.5) is 0 Å². The van der Waals surface area contributed by atoms with Crippen LogP contribution in [0.5, 0.6) is 5.75 Å². The monoisotopic (exact) mass is 188 g/mol. The van der Waals surface area contributed by atoms with Crippen LogP contribution in [0.2, 0.25) is 0 Å². The van der Waals surface area contributed by atoms with Crippen molar-refractivity contribution in [1.82, 2.24) is 0 Å². The molecule has 0 saturated heterocycles. The molecule has 1 nitrogen and oxygen atoms in total. The van der Waals surface area contributed by atoms with Crippen LogP contribution in [-0.2, 0) is 0 Å². The Labute approximate surface area is 85.7 Å². The predicted molar refractivity (Wildman–Crippen MR) is 60.3 cm³/mol. The molecule has 14 heavy (non-hydrogen) atoms. The second-order valence-electron chi connectivity index (χ2n) is 3.02. The van der Waals surface area contributed by atoms with Crippen molar-refractivity contribution in [2.75, 3.05) is 0 Å². The minimum atomic E-state index is 0.882. The Morgan fingerprint density at radius 2 is 1.93 bits per heavy atom.